The molecule has 1 aromatic rings. The SMILES string of the molecule is CC(C)c1cc(C(C)C)[c-](C(C)C)c1.CC[N-]C.CC[N-]C.CC[N-]C.[Zr+4]. The van der Waals surface area contributed by atoms with Crippen LogP contribution < -0.4 is 0 Å². The Morgan fingerprint density at radius 1 is 0.741 bits per heavy atom. The van der Waals surface area contributed by atoms with Gasteiger partial charge in [0.15, 0.2) is 0 Å². The van der Waals surface area contributed by atoms with Gasteiger partial charge in [-0.3, -0.25) is 0 Å². The molecule has 0 aliphatic carbocycles. The Bertz CT molecular complexity index is 344. The van der Waals surface area contributed by atoms with Crippen LogP contribution in [0.3, 0.4) is 0 Å². The molecule has 158 valence electrons. The van der Waals surface area contributed by atoms with Crippen LogP contribution in [0.15, 0.2) is 12.1 Å². The summed E-state index contributed by atoms with van der Waals surface area (Å²) in [7, 11) is 5.42. The van der Waals surface area contributed by atoms with Crippen LogP contribution >= 0.6 is 0 Å². The second-order valence-electron chi connectivity index (χ2n) is 7.06. The van der Waals surface area contributed by atoms with E-state index in [0.29, 0.717) is 17.8 Å². The van der Waals surface area contributed by atoms with Gasteiger partial charge in [-0.15, -0.1) is 0 Å². The van der Waals surface area contributed by atoms with Crippen LogP contribution in [-0.4, -0.2) is 40.8 Å². The maximum absolute atomic E-state index is 3.74. The standard InChI is InChI=1S/C14H23.3C3H8N.Zr/c1-9(2)12-7-13(10(3)4)14(8-12)11(5)6;3*1-3-4-2;/h7-11H,1-6H3;3*3H2,1-2H3;/q4*-1;+4. The van der Waals surface area contributed by atoms with Crippen LogP contribution in [0.4, 0.5) is 0 Å². The summed E-state index contributed by atoms with van der Waals surface area (Å²) >= 11 is 0. The van der Waals surface area contributed by atoms with Crippen molar-refractivity contribution >= 4 is 0 Å². The number of hydrogen-bond acceptors (Lipinski definition) is 0. The summed E-state index contributed by atoms with van der Waals surface area (Å²) in [6.45, 7) is 22.5. The number of rotatable bonds is 6. The molecule has 0 fully saturated rings. The van der Waals surface area contributed by atoms with E-state index in [2.05, 4.69) is 69.6 Å². The average Bonchev–Trinajstić information content (AvgIpc) is 3.08. The molecular weight excluding hydrogens is 409 g/mol. The Kier molecular flexibility index (Phi) is 31.0. The zero-order valence-corrected chi connectivity index (χ0v) is 22.8. The summed E-state index contributed by atoms with van der Waals surface area (Å²) in [5.74, 6) is 1.96. The minimum absolute atomic E-state index is 0. The molecule has 4 heteroatoms. The van der Waals surface area contributed by atoms with Gasteiger partial charge in [0.05, 0.1) is 0 Å². The molecule has 0 unspecified atom stereocenters. The summed E-state index contributed by atoms with van der Waals surface area (Å²) in [5.41, 5.74) is 4.59. The van der Waals surface area contributed by atoms with Gasteiger partial charge >= 0.3 is 26.2 Å². The molecule has 3 nitrogen and oxygen atoms in total. The predicted octanol–water partition coefficient (Wildman–Crippen LogP) is 7.80. The molecule has 0 aromatic heterocycles. The Balaban J connectivity index is -0.000000169. The van der Waals surface area contributed by atoms with E-state index >= 15 is 0 Å². The van der Waals surface area contributed by atoms with E-state index in [1.807, 2.05) is 20.8 Å². The molecule has 0 radical (unpaired) electrons. The zero-order chi connectivity index (χ0) is 21.1. The van der Waals surface area contributed by atoms with E-state index in [9.17, 15) is 0 Å². The molecule has 0 spiro atoms. The van der Waals surface area contributed by atoms with Crippen molar-refractivity contribution in [3.8, 4) is 0 Å². The summed E-state index contributed by atoms with van der Waals surface area (Å²) in [6, 6.07) is 4.79. The molecule has 0 saturated carbocycles. The van der Waals surface area contributed by atoms with E-state index in [-0.39, 0.29) is 26.2 Å². The van der Waals surface area contributed by atoms with Gasteiger partial charge in [0.25, 0.3) is 0 Å². The molecule has 0 heterocycles. The first kappa shape index (κ1) is 34.6. The van der Waals surface area contributed by atoms with Crippen LogP contribution in [0.25, 0.3) is 16.0 Å². The first-order chi connectivity index (χ1) is 12.2. The van der Waals surface area contributed by atoms with Crippen molar-refractivity contribution in [2.75, 3.05) is 40.8 Å². The zero-order valence-electron chi connectivity index (χ0n) is 20.3. The third kappa shape index (κ3) is 20.7. The molecular formula is C23H47N3Zr. The Morgan fingerprint density at radius 3 is 1.22 bits per heavy atom. The van der Waals surface area contributed by atoms with Crippen molar-refractivity contribution in [1.29, 1.82) is 0 Å². The minimum Gasteiger partial charge on any atom is -0.665 e. The molecule has 0 atom stereocenters. The summed E-state index contributed by atoms with van der Waals surface area (Å²) in [6.07, 6.45) is 0. The van der Waals surface area contributed by atoms with Crippen molar-refractivity contribution in [2.24, 2.45) is 0 Å². The van der Waals surface area contributed by atoms with E-state index in [4.69, 9.17) is 0 Å². The smallest absolute Gasteiger partial charge is 0.665 e. The molecule has 1 rings (SSSR count). The van der Waals surface area contributed by atoms with E-state index < -0.39 is 0 Å². The van der Waals surface area contributed by atoms with Crippen LogP contribution in [0.5, 0.6) is 0 Å². The number of hydrogen-bond donors (Lipinski definition) is 0. The Morgan fingerprint density at radius 2 is 1.07 bits per heavy atom. The van der Waals surface area contributed by atoms with Gasteiger partial charge in [-0.05, 0) is 5.92 Å². The second kappa shape index (κ2) is 24.2. The fourth-order valence-electron chi connectivity index (χ4n) is 1.90. The third-order valence-electron chi connectivity index (χ3n) is 3.84. The van der Waals surface area contributed by atoms with Crippen molar-refractivity contribution in [2.45, 2.75) is 80.1 Å². The summed E-state index contributed by atoms with van der Waals surface area (Å²) in [5, 5.41) is 11.2. The van der Waals surface area contributed by atoms with E-state index in [0.717, 1.165) is 19.6 Å². The van der Waals surface area contributed by atoms with E-state index in [1.54, 1.807) is 32.3 Å². The fourth-order valence-corrected chi connectivity index (χ4v) is 1.90. The second-order valence-corrected chi connectivity index (χ2v) is 7.06. The largest absolute Gasteiger partial charge is 4.00 e. The molecule has 0 amide bonds. The van der Waals surface area contributed by atoms with Crippen LogP contribution in [0.2, 0.25) is 0 Å². The summed E-state index contributed by atoms with van der Waals surface area (Å²) in [4.78, 5) is 0. The predicted molar refractivity (Wildman–Crippen MR) is 124 cm³/mol. The molecule has 0 aliphatic rings. The quantitative estimate of drug-likeness (QED) is 0.392. The van der Waals surface area contributed by atoms with Crippen molar-refractivity contribution in [1.82, 2.24) is 0 Å². The van der Waals surface area contributed by atoms with Gasteiger partial charge in [-0.25, -0.2) is 6.07 Å². The first-order valence-electron chi connectivity index (χ1n) is 10.1. The van der Waals surface area contributed by atoms with Gasteiger partial charge in [0.2, 0.25) is 0 Å². The monoisotopic (exact) mass is 455 g/mol. The Labute approximate surface area is 191 Å². The van der Waals surface area contributed by atoms with Gasteiger partial charge in [0, 0.05) is 0 Å². The third-order valence-corrected chi connectivity index (χ3v) is 3.84. The normalized spacial score (nSPS) is 9.59. The molecule has 0 bridgehead atoms. The van der Waals surface area contributed by atoms with Gasteiger partial charge < -0.3 is 16.0 Å². The van der Waals surface area contributed by atoms with Gasteiger partial charge in [-0.1, -0.05) is 74.1 Å². The first-order valence-corrected chi connectivity index (χ1v) is 10.1. The van der Waals surface area contributed by atoms with Gasteiger partial charge in [-0.2, -0.15) is 63.5 Å². The maximum atomic E-state index is 3.74. The molecule has 0 N–H and O–H groups in total. The van der Waals surface area contributed by atoms with Crippen LogP contribution in [0.1, 0.15) is 96.8 Å². The molecule has 0 saturated heterocycles. The minimum atomic E-state index is 0. The Hall–Kier alpha value is 0.113. The maximum Gasteiger partial charge on any atom is 4.00 e. The molecule has 1 aromatic carbocycles. The van der Waals surface area contributed by atoms with Crippen LogP contribution in [-0.2, 0) is 26.2 Å². The average molecular weight is 457 g/mol. The van der Waals surface area contributed by atoms with Crippen molar-refractivity contribution in [3.05, 3.63) is 44.8 Å². The topological polar surface area (TPSA) is 42.3 Å². The van der Waals surface area contributed by atoms with Crippen LogP contribution in [0, 0.1) is 0 Å². The molecule has 0 aliphatic heterocycles. The van der Waals surface area contributed by atoms with Crippen molar-refractivity contribution in [3.63, 3.8) is 0 Å². The molecule has 27 heavy (non-hydrogen) atoms. The van der Waals surface area contributed by atoms with Crippen molar-refractivity contribution < 1.29 is 26.2 Å². The van der Waals surface area contributed by atoms with E-state index in [1.165, 1.54) is 5.56 Å². The van der Waals surface area contributed by atoms with Gasteiger partial charge in [0.1, 0.15) is 0 Å². The number of nitrogens with zero attached hydrogens (tertiary/aromatic N) is 3. The summed E-state index contributed by atoms with van der Waals surface area (Å²) < 4.78 is 0. The fraction of sp³-hybridized carbons (Fsp3) is 0.783.